The predicted octanol–water partition coefficient (Wildman–Crippen LogP) is 4.03. The van der Waals surface area contributed by atoms with E-state index in [1.807, 2.05) is 30.3 Å². The Hall–Kier alpha value is -4.66. The largest absolute Gasteiger partial charge is 0.495 e. The molecule has 154 valence electrons. The van der Waals surface area contributed by atoms with Gasteiger partial charge in [-0.05, 0) is 30.3 Å². The number of methoxy groups -OCH3 is 1. The maximum absolute atomic E-state index is 5.30. The zero-order chi connectivity index (χ0) is 21.5. The number of rotatable bonds is 4. The lowest BCUT2D eigenvalue weighted by molar-refractivity contribution is 0.413. The van der Waals surface area contributed by atoms with Crippen molar-refractivity contribution in [2.24, 2.45) is 0 Å². The van der Waals surface area contributed by atoms with E-state index in [1.165, 1.54) is 0 Å². The Balaban J connectivity index is 1.50. The lowest BCUT2D eigenvalue weighted by Gasteiger charge is -2.04. The highest BCUT2D eigenvalue weighted by Crippen LogP contribution is 2.31. The minimum absolute atomic E-state index is 0.632. The molecule has 32 heavy (non-hydrogen) atoms. The van der Waals surface area contributed by atoms with Crippen molar-refractivity contribution in [1.82, 2.24) is 40.1 Å². The summed E-state index contributed by atoms with van der Waals surface area (Å²) in [5.41, 5.74) is 6.44. The number of aromatic nitrogens is 8. The maximum atomic E-state index is 5.30. The van der Waals surface area contributed by atoms with E-state index in [2.05, 4.69) is 35.1 Å². The molecule has 6 aromatic heterocycles. The van der Waals surface area contributed by atoms with Crippen LogP contribution in [0.1, 0.15) is 0 Å². The number of fused-ring (bicyclic) bond motifs is 2. The van der Waals surface area contributed by atoms with Crippen LogP contribution in [0.3, 0.4) is 0 Å². The Bertz CT molecular complexity index is 1570. The van der Waals surface area contributed by atoms with E-state index in [-0.39, 0.29) is 0 Å². The van der Waals surface area contributed by atoms with Crippen LogP contribution in [-0.2, 0) is 0 Å². The molecule has 6 aromatic rings. The molecule has 0 fully saturated rings. The summed E-state index contributed by atoms with van der Waals surface area (Å²) in [6.07, 6.45) is 10.5. The molecule has 0 aliphatic rings. The molecule has 0 saturated carbocycles. The summed E-state index contributed by atoms with van der Waals surface area (Å²) >= 11 is 0. The lowest BCUT2D eigenvalue weighted by atomic mass is 10.1. The molecule has 9 nitrogen and oxygen atoms in total. The Labute approximate surface area is 181 Å². The molecule has 0 spiro atoms. The standard InChI is InChI=1S/C23H16N8O/c1-32-16-7-14(10-25-12-16)15-8-17-20(30-31-22(17)27-11-15)23-28-18-4-6-26-19(21(18)29-23)13-3-2-5-24-9-13/h2-12H,1H3,(H,28,29)(H,27,30,31). The minimum Gasteiger partial charge on any atom is -0.495 e. The van der Waals surface area contributed by atoms with Crippen molar-refractivity contribution in [3.8, 4) is 39.7 Å². The molecule has 0 atom stereocenters. The Morgan fingerprint density at radius 1 is 0.844 bits per heavy atom. The van der Waals surface area contributed by atoms with Gasteiger partial charge in [0.1, 0.15) is 17.0 Å². The van der Waals surface area contributed by atoms with Crippen LogP contribution in [-0.4, -0.2) is 47.2 Å². The van der Waals surface area contributed by atoms with E-state index >= 15 is 0 Å². The van der Waals surface area contributed by atoms with E-state index in [1.54, 1.807) is 44.3 Å². The van der Waals surface area contributed by atoms with E-state index in [4.69, 9.17) is 9.72 Å². The summed E-state index contributed by atoms with van der Waals surface area (Å²) in [6, 6.07) is 9.68. The summed E-state index contributed by atoms with van der Waals surface area (Å²) in [4.78, 5) is 25.7. The van der Waals surface area contributed by atoms with Gasteiger partial charge in [-0.1, -0.05) is 0 Å². The lowest BCUT2D eigenvalue weighted by Crippen LogP contribution is -1.88. The van der Waals surface area contributed by atoms with E-state index in [0.29, 0.717) is 22.9 Å². The van der Waals surface area contributed by atoms with Crippen molar-refractivity contribution in [1.29, 1.82) is 0 Å². The van der Waals surface area contributed by atoms with Crippen LogP contribution in [0.15, 0.2) is 67.5 Å². The van der Waals surface area contributed by atoms with Gasteiger partial charge in [-0.25, -0.2) is 9.97 Å². The van der Waals surface area contributed by atoms with Crippen LogP contribution in [0.4, 0.5) is 0 Å². The molecule has 0 saturated heterocycles. The van der Waals surface area contributed by atoms with Gasteiger partial charge in [0.25, 0.3) is 0 Å². The quantitative estimate of drug-likeness (QED) is 0.442. The van der Waals surface area contributed by atoms with Gasteiger partial charge in [0.2, 0.25) is 0 Å². The third-order valence-electron chi connectivity index (χ3n) is 5.26. The molecule has 0 aliphatic carbocycles. The van der Waals surface area contributed by atoms with Crippen LogP contribution < -0.4 is 4.74 Å². The van der Waals surface area contributed by atoms with E-state index in [0.717, 1.165) is 38.8 Å². The first-order valence-corrected chi connectivity index (χ1v) is 9.89. The fourth-order valence-corrected chi connectivity index (χ4v) is 3.69. The summed E-state index contributed by atoms with van der Waals surface area (Å²) < 4.78 is 5.30. The van der Waals surface area contributed by atoms with Crippen molar-refractivity contribution in [2.45, 2.75) is 0 Å². The second-order valence-corrected chi connectivity index (χ2v) is 7.19. The molecule has 0 aromatic carbocycles. The summed E-state index contributed by atoms with van der Waals surface area (Å²) in [5.74, 6) is 1.31. The number of hydrogen-bond donors (Lipinski definition) is 2. The highest BCUT2D eigenvalue weighted by atomic mass is 16.5. The SMILES string of the molecule is COc1cncc(-c2cnc3[nH]nc(-c4nc5c(-c6cccnc6)nccc5[nH]4)c3c2)c1. The molecular weight excluding hydrogens is 404 g/mol. The number of nitrogens with one attached hydrogen (secondary N) is 2. The second kappa shape index (κ2) is 7.24. The van der Waals surface area contributed by atoms with Gasteiger partial charge >= 0.3 is 0 Å². The van der Waals surface area contributed by atoms with Gasteiger partial charge in [0, 0.05) is 47.7 Å². The van der Waals surface area contributed by atoms with Gasteiger partial charge in [-0.2, -0.15) is 5.10 Å². The number of ether oxygens (including phenoxy) is 1. The average molecular weight is 420 g/mol. The van der Waals surface area contributed by atoms with E-state index < -0.39 is 0 Å². The van der Waals surface area contributed by atoms with Crippen LogP contribution in [0.25, 0.3) is 56.0 Å². The Kier molecular flexibility index (Phi) is 4.10. The van der Waals surface area contributed by atoms with Gasteiger partial charge in [-0.15, -0.1) is 0 Å². The smallest absolute Gasteiger partial charge is 0.159 e. The molecule has 0 amide bonds. The van der Waals surface area contributed by atoms with Crippen LogP contribution in [0, 0.1) is 0 Å². The van der Waals surface area contributed by atoms with Crippen molar-refractivity contribution in [3.63, 3.8) is 0 Å². The van der Waals surface area contributed by atoms with Gasteiger partial charge in [0.15, 0.2) is 11.5 Å². The first-order chi connectivity index (χ1) is 15.8. The maximum Gasteiger partial charge on any atom is 0.159 e. The van der Waals surface area contributed by atoms with Crippen LogP contribution in [0.2, 0.25) is 0 Å². The summed E-state index contributed by atoms with van der Waals surface area (Å²) in [5, 5.41) is 8.32. The van der Waals surface area contributed by atoms with E-state index in [9.17, 15) is 0 Å². The van der Waals surface area contributed by atoms with Crippen molar-refractivity contribution in [3.05, 3.63) is 67.5 Å². The van der Waals surface area contributed by atoms with Crippen molar-refractivity contribution < 1.29 is 4.74 Å². The predicted molar refractivity (Wildman–Crippen MR) is 120 cm³/mol. The highest BCUT2D eigenvalue weighted by Gasteiger charge is 2.17. The summed E-state index contributed by atoms with van der Waals surface area (Å²) in [6.45, 7) is 0. The molecule has 9 heteroatoms. The molecule has 0 bridgehead atoms. The highest BCUT2D eigenvalue weighted by molar-refractivity contribution is 5.96. The van der Waals surface area contributed by atoms with Crippen LogP contribution in [0.5, 0.6) is 5.75 Å². The normalized spacial score (nSPS) is 11.3. The summed E-state index contributed by atoms with van der Waals surface area (Å²) in [7, 11) is 1.62. The van der Waals surface area contributed by atoms with Crippen molar-refractivity contribution >= 4 is 22.1 Å². The number of imidazole rings is 1. The van der Waals surface area contributed by atoms with Gasteiger partial charge in [0.05, 0.1) is 29.9 Å². The molecule has 0 aliphatic heterocycles. The molecule has 0 unspecified atom stereocenters. The molecular formula is C23H16N8O. The molecule has 0 radical (unpaired) electrons. The third kappa shape index (κ3) is 2.95. The minimum atomic E-state index is 0.632. The topological polar surface area (TPSA) is 118 Å². The number of aromatic amines is 2. The molecule has 6 heterocycles. The Morgan fingerprint density at radius 2 is 1.75 bits per heavy atom. The zero-order valence-electron chi connectivity index (χ0n) is 16.9. The number of H-pyrrole nitrogens is 2. The number of nitrogens with zero attached hydrogens (tertiary/aromatic N) is 6. The van der Waals surface area contributed by atoms with Crippen LogP contribution >= 0.6 is 0 Å². The van der Waals surface area contributed by atoms with Gasteiger partial charge in [-0.3, -0.25) is 20.1 Å². The average Bonchev–Trinajstić information content (AvgIpc) is 3.48. The third-order valence-corrected chi connectivity index (χ3v) is 5.26. The number of hydrogen-bond acceptors (Lipinski definition) is 7. The number of pyridine rings is 4. The first-order valence-electron chi connectivity index (χ1n) is 9.89. The second-order valence-electron chi connectivity index (χ2n) is 7.19. The molecule has 2 N–H and O–H groups in total. The fraction of sp³-hybridized carbons (Fsp3) is 0.0435. The fourth-order valence-electron chi connectivity index (χ4n) is 3.69. The van der Waals surface area contributed by atoms with Crippen molar-refractivity contribution in [2.75, 3.05) is 7.11 Å². The van der Waals surface area contributed by atoms with Gasteiger partial charge < -0.3 is 9.72 Å². The zero-order valence-corrected chi connectivity index (χ0v) is 16.9. The molecule has 6 rings (SSSR count). The Morgan fingerprint density at radius 3 is 2.62 bits per heavy atom. The first kappa shape index (κ1) is 18.1. The monoisotopic (exact) mass is 420 g/mol.